The van der Waals surface area contributed by atoms with Crippen molar-refractivity contribution in [3.05, 3.63) is 17.6 Å². The van der Waals surface area contributed by atoms with Crippen LogP contribution in [0.15, 0.2) is 6.07 Å². The average Bonchev–Trinajstić information content (AvgIpc) is 2.34. The Morgan fingerprint density at radius 2 is 2.00 bits per heavy atom. The maximum Gasteiger partial charge on any atom is 0.259 e. The molecule has 0 spiro atoms. The minimum atomic E-state index is -3.60. The second-order valence-corrected chi connectivity index (χ2v) is 7.58. The van der Waals surface area contributed by atoms with E-state index in [1.165, 1.54) is 13.8 Å². The highest BCUT2D eigenvalue weighted by atomic mass is 32.2. The standard InChI is InChI=1S/C12H18N4O3S/c1-5-13-9-6-8(2)14-10(15-9)7-16-11(17)12(3,4)20(16,18)19/h6H,5,7H2,1-4H3,(H,13,14,15). The first-order chi connectivity index (χ1) is 9.20. The molecule has 1 fully saturated rings. The van der Waals surface area contributed by atoms with E-state index < -0.39 is 20.7 Å². The average molecular weight is 298 g/mol. The van der Waals surface area contributed by atoms with Gasteiger partial charge in [0.1, 0.15) is 5.82 Å². The van der Waals surface area contributed by atoms with Gasteiger partial charge >= 0.3 is 0 Å². The third-order valence-corrected chi connectivity index (χ3v) is 5.56. The first-order valence-electron chi connectivity index (χ1n) is 6.35. The van der Waals surface area contributed by atoms with Crippen molar-refractivity contribution in [2.45, 2.75) is 39.0 Å². The number of carbonyl (C=O) groups excluding carboxylic acids is 1. The lowest BCUT2D eigenvalue weighted by Crippen LogP contribution is -2.66. The molecule has 7 nitrogen and oxygen atoms in total. The predicted octanol–water partition coefficient (Wildman–Crippen LogP) is 0.667. The maximum absolute atomic E-state index is 12.0. The number of anilines is 1. The number of sulfonamides is 1. The summed E-state index contributed by atoms with van der Waals surface area (Å²) in [6.45, 7) is 7.12. The number of hydrogen-bond donors (Lipinski definition) is 1. The van der Waals surface area contributed by atoms with Gasteiger partial charge in [0.25, 0.3) is 15.9 Å². The van der Waals surface area contributed by atoms with Crippen LogP contribution in [-0.4, -0.2) is 39.9 Å². The normalized spacial score (nSPS) is 19.6. The largest absolute Gasteiger partial charge is 0.370 e. The number of hydrogen-bond acceptors (Lipinski definition) is 6. The van der Waals surface area contributed by atoms with Crippen LogP contribution in [0.2, 0.25) is 0 Å². The molecule has 0 saturated carbocycles. The molecule has 1 saturated heterocycles. The summed E-state index contributed by atoms with van der Waals surface area (Å²) in [5.41, 5.74) is 0.718. The molecule has 2 rings (SSSR count). The minimum Gasteiger partial charge on any atom is -0.370 e. The summed E-state index contributed by atoms with van der Waals surface area (Å²) in [5, 5.41) is 3.04. The van der Waals surface area contributed by atoms with Crippen molar-refractivity contribution < 1.29 is 13.2 Å². The van der Waals surface area contributed by atoms with E-state index in [1.54, 1.807) is 13.0 Å². The molecule has 2 heterocycles. The van der Waals surface area contributed by atoms with Crippen molar-refractivity contribution in [2.75, 3.05) is 11.9 Å². The van der Waals surface area contributed by atoms with E-state index >= 15 is 0 Å². The maximum atomic E-state index is 12.0. The Balaban J connectivity index is 2.26. The van der Waals surface area contributed by atoms with Gasteiger partial charge in [0.15, 0.2) is 10.6 Å². The Morgan fingerprint density at radius 1 is 1.35 bits per heavy atom. The lowest BCUT2D eigenvalue weighted by Gasteiger charge is -2.42. The van der Waals surface area contributed by atoms with Crippen molar-refractivity contribution in [1.29, 1.82) is 0 Å². The fraction of sp³-hybridized carbons (Fsp3) is 0.583. The molecule has 0 bridgehead atoms. The second kappa shape index (κ2) is 4.69. The highest BCUT2D eigenvalue weighted by Crippen LogP contribution is 2.35. The molecule has 1 aromatic heterocycles. The Bertz CT molecular complexity index is 655. The molecule has 1 aliphatic heterocycles. The van der Waals surface area contributed by atoms with Crippen LogP contribution in [0, 0.1) is 6.92 Å². The topological polar surface area (TPSA) is 92.3 Å². The van der Waals surface area contributed by atoms with Crippen LogP contribution in [0.1, 0.15) is 32.3 Å². The molecule has 0 atom stereocenters. The lowest BCUT2D eigenvalue weighted by atomic mass is 10.2. The number of amides is 1. The van der Waals surface area contributed by atoms with Crippen LogP contribution in [0.5, 0.6) is 0 Å². The van der Waals surface area contributed by atoms with E-state index in [0.29, 0.717) is 18.2 Å². The van der Waals surface area contributed by atoms with Gasteiger partial charge in [0, 0.05) is 18.3 Å². The minimum absolute atomic E-state index is 0.120. The van der Waals surface area contributed by atoms with Gasteiger partial charge in [-0.25, -0.2) is 22.7 Å². The van der Waals surface area contributed by atoms with Crippen molar-refractivity contribution in [3.8, 4) is 0 Å². The zero-order valence-corrected chi connectivity index (χ0v) is 12.8. The first kappa shape index (κ1) is 14.7. The molecule has 110 valence electrons. The number of nitrogens with zero attached hydrogens (tertiary/aromatic N) is 3. The van der Waals surface area contributed by atoms with Crippen LogP contribution in [0.4, 0.5) is 5.82 Å². The zero-order chi connectivity index (χ0) is 15.1. The van der Waals surface area contributed by atoms with Crippen LogP contribution in [-0.2, 0) is 21.4 Å². The smallest absolute Gasteiger partial charge is 0.259 e. The van der Waals surface area contributed by atoms with E-state index in [0.717, 1.165) is 10.00 Å². The van der Waals surface area contributed by atoms with Gasteiger partial charge in [0.05, 0.1) is 6.54 Å². The molecule has 8 heteroatoms. The predicted molar refractivity (Wildman–Crippen MR) is 74.5 cm³/mol. The van der Waals surface area contributed by atoms with Gasteiger partial charge in [-0.1, -0.05) is 0 Å². The Morgan fingerprint density at radius 3 is 2.55 bits per heavy atom. The Kier molecular flexibility index (Phi) is 3.45. The summed E-state index contributed by atoms with van der Waals surface area (Å²) in [6.07, 6.45) is 0. The summed E-state index contributed by atoms with van der Waals surface area (Å²) >= 11 is 0. The number of carbonyl (C=O) groups is 1. The highest BCUT2D eigenvalue weighted by molar-refractivity contribution is 7.94. The molecule has 0 radical (unpaired) electrons. The Labute approximate surface area is 118 Å². The summed E-state index contributed by atoms with van der Waals surface area (Å²) in [7, 11) is -3.60. The summed E-state index contributed by atoms with van der Waals surface area (Å²) < 4.78 is 23.5. The van der Waals surface area contributed by atoms with Crippen LogP contribution in [0.25, 0.3) is 0 Å². The summed E-state index contributed by atoms with van der Waals surface area (Å²) in [5.74, 6) is 0.514. The zero-order valence-electron chi connectivity index (χ0n) is 12.0. The molecule has 1 amide bonds. The molecular formula is C12H18N4O3S. The van der Waals surface area contributed by atoms with Gasteiger partial charge in [0.2, 0.25) is 0 Å². The van der Waals surface area contributed by atoms with Gasteiger partial charge in [-0.2, -0.15) is 0 Å². The van der Waals surface area contributed by atoms with Crippen molar-refractivity contribution >= 4 is 21.7 Å². The summed E-state index contributed by atoms with van der Waals surface area (Å²) in [6, 6.07) is 1.77. The Hall–Kier alpha value is -1.70. The third kappa shape index (κ3) is 2.13. The summed E-state index contributed by atoms with van der Waals surface area (Å²) in [4.78, 5) is 20.3. The lowest BCUT2D eigenvalue weighted by molar-refractivity contribution is -0.132. The fourth-order valence-electron chi connectivity index (χ4n) is 2.01. The van der Waals surface area contributed by atoms with E-state index in [-0.39, 0.29) is 6.54 Å². The van der Waals surface area contributed by atoms with Gasteiger partial charge < -0.3 is 5.32 Å². The monoisotopic (exact) mass is 298 g/mol. The third-order valence-electron chi connectivity index (χ3n) is 3.22. The van der Waals surface area contributed by atoms with Crippen molar-refractivity contribution in [3.63, 3.8) is 0 Å². The number of aromatic nitrogens is 2. The first-order valence-corrected chi connectivity index (χ1v) is 7.79. The van der Waals surface area contributed by atoms with E-state index in [1.807, 2.05) is 6.92 Å². The fourth-order valence-corrected chi connectivity index (χ4v) is 3.50. The highest BCUT2D eigenvalue weighted by Gasteiger charge is 2.60. The van der Waals surface area contributed by atoms with E-state index in [2.05, 4.69) is 15.3 Å². The number of nitrogens with one attached hydrogen (secondary N) is 1. The van der Waals surface area contributed by atoms with Crippen LogP contribution >= 0.6 is 0 Å². The number of aryl methyl sites for hydroxylation is 1. The number of rotatable bonds is 4. The van der Waals surface area contributed by atoms with Crippen LogP contribution < -0.4 is 5.32 Å². The van der Waals surface area contributed by atoms with Gasteiger partial charge in [-0.05, 0) is 27.7 Å². The molecule has 0 unspecified atom stereocenters. The van der Waals surface area contributed by atoms with E-state index in [9.17, 15) is 13.2 Å². The SMILES string of the molecule is CCNc1cc(C)nc(CN2C(=O)C(C)(C)S2(=O)=O)n1. The molecule has 1 aromatic rings. The molecular weight excluding hydrogens is 280 g/mol. The van der Waals surface area contributed by atoms with Crippen molar-refractivity contribution in [2.24, 2.45) is 0 Å². The molecule has 1 N–H and O–H groups in total. The molecule has 20 heavy (non-hydrogen) atoms. The van der Waals surface area contributed by atoms with Crippen molar-refractivity contribution in [1.82, 2.24) is 14.3 Å². The van der Waals surface area contributed by atoms with Gasteiger partial charge in [-0.15, -0.1) is 0 Å². The quantitative estimate of drug-likeness (QED) is 0.878. The van der Waals surface area contributed by atoms with Crippen LogP contribution in [0.3, 0.4) is 0 Å². The molecule has 1 aliphatic rings. The second-order valence-electron chi connectivity index (χ2n) is 5.17. The van der Waals surface area contributed by atoms with Gasteiger partial charge in [-0.3, -0.25) is 4.79 Å². The molecule has 0 aromatic carbocycles. The van der Waals surface area contributed by atoms with E-state index in [4.69, 9.17) is 0 Å². The molecule has 0 aliphatic carbocycles.